The molecule has 0 saturated heterocycles. The van der Waals surface area contributed by atoms with E-state index in [1.165, 1.54) is 0 Å². The van der Waals surface area contributed by atoms with Crippen molar-refractivity contribution in [2.24, 2.45) is 0 Å². The highest BCUT2D eigenvalue weighted by Crippen LogP contribution is 2.24. The normalized spacial score (nSPS) is 11.1. The van der Waals surface area contributed by atoms with Crippen molar-refractivity contribution in [1.82, 2.24) is 14.4 Å². The Balaban J connectivity index is 2.19. The van der Waals surface area contributed by atoms with Gasteiger partial charge in [0.1, 0.15) is 10.8 Å². The number of hydrogen-bond acceptors (Lipinski definition) is 2. The largest absolute Gasteiger partial charge is 0.274 e. The average Bonchev–Trinajstić information content (AvgIpc) is 2.74. The molecule has 2 heterocycles. The van der Waals surface area contributed by atoms with E-state index in [9.17, 15) is 0 Å². The Hall–Kier alpha value is -1.10. The van der Waals surface area contributed by atoms with Crippen molar-refractivity contribution < 1.29 is 0 Å². The molecule has 3 aromatic rings. The van der Waals surface area contributed by atoms with E-state index < -0.39 is 0 Å². The van der Waals surface area contributed by atoms with Crippen molar-refractivity contribution in [2.75, 3.05) is 0 Å². The van der Waals surface area contributed by atoms with E-state index in [1.807, 2.05) is 30.5 Å². The van der Waals surface area contributed by atoms with Crippen molar-refractivity contribution in [3.8, 4) is 11.3 Å². The first-order valence-corrected chi connectivity index (χ1v) is 6.65. The Morgan fingerprint density at radius 3 is 2.50 bits per heavy atom. The fraction of sp³-hybridized carbons (Fsp3) is 0. The zero-order valence-corrected chi connectivity index (χ0v) is 12.0. The smallest absolute Gasteiger partial charge is 0.209 e. The van der Waals surface area contributed by atoms with Gasteiger partial charge in [-0.2, -0.15) is 0 Å². The zero-order valence-electron chi connectivity index (χ0n) is 8.94. The highest BCUT2D eigenvalue weighted by Gasteiger charge is 2.08. The van der Waals surface area contributed by atoms with Gasteiger partial charge in [0, 0.05) is 22.3 Å². The lowest BCUT2D eigenvalue weighted by Gasteiger charge is -1.95. The first kappa shape index (κ1) is 12.0. The van der Waals surface area contributed by atoms with E-state index in [0.717, 1.165) is 15.7 Å². The molecule has 2 aromatic heterocycles. The van der Waals surface area contributed by atoms with E-state index >= 15 is 0 Å². The minimum Gasteiger partial charge on any atom is -0.274 e. The fourth-order valence-corrected chi connectivity index (χ4v) is 2.40. The quantitative estimate of drug-likeness (QED) is 0.482. The standard InChI is InChI=1S/C12H6BrCl2N3/c13-8-3-1-7(2-4-8)9-6-18-11(16-9)5-10(14)17-12(18)15/h1-6H. The number of imidazole rings is 1. The minimum atomic E-state index is 0.299. The van der Waals surface area contributed by atoms with Crippen molar-refractivity contribution >= 4 is 44.8 Å². The maximum Gasteiger partial charge on any atom is 0.209 e. The van der Waals surface area contributed by atoms with Crippen LogP contribution in [0.15, 0.2) is 41.0 Å². The van der Waals surface area contributed by atoms with Crippen molar-refractivity contribution in [2.45, 2.75) is 0 Å². The summed E-state index contributed by atoms with van der Waals surface area (Å²) >= 11 is 15.3. The third kappa shape index (κ3) is 2.11. The molecule has 6 heteroatoms. The molecule has 90 valence electrons. The Kier molecular flexibility index (Phi) is 3.01. The Bertz CT molecular complexity index is 722. The lowest BCUT2D eigenvalue weighted by Crippen LogP contribution is -1.88. The summed E-state index contributed by atoms with van der Waals surface area (Å²) in [5.74, 6) is 0. The van der Waals surface area contributed by atoms with Gasteiger partial charge in [-0.3, -0.25) is 4.40 Å². The second-order valence-corrected chi connectivity index (χ2v) is 5.35. The molecule has 0 amide bonds. The third-order valence-electron chi connectivity index (χ3n) is 2.52. The minimum absolute atomic E-state index is 0.299. The molecule has 0 aliphatic heterocycles. The van der Waals surface area contributed by atoms with Gasteiger partial charge in [0.25, 0.3) is 0 Å². The Morgan fingerprint density at radius 2 is 1.78 bits per heavy atom. The first-order valence-electron chi connectivity index (χ1n) is 5.10. The molecule has 3 rings (SSSR count). The van der Waals surface area contributed by atoms with Gasteiger partial charge in [0.2, 0.25) is 5.28 Å². The molecule has 1 aromatic carbocycles. The van der Waals surface area contributed by atoms with Crippen LogP contribution < -0.4 is 0 Å². The Morgan fingerprint density at radius 1 is 1.06 bits per heavy atom. The molecule has 0 saturated carbocycles. The number of nitrogens with zero attached hydrogens (tertiary/aromatic N) is 3. The van der Waals surface area contributed by atoms with Crippen LogP contribution in [0.4, 0.5) is 0 Å². The lowest BCUT2D eigenvalue weighted by molar-refractivity contribution is 1.09. The summed E-state index contributed by atoms with van der Waals surface area (Å²) in [6, 6.07) is 9.57. The maximum atomic E-state index is 6.01. The predicted molar refractivity (Wildman–Crippen MR) is 76.1 cm³/mol. The van der Waals surface area contributed by atoms with Crippen LogP contribution >= 0.6 is 39.1 Å². The number of benzene rings is 1. The molecular formula is C12H6BrCl2N3. The lowest BCUT2D eigenvalue weighted by atomic mass is 10.2. The van der Waals surface area contributed by atoms with Crippen molar-refractivity contribution in [1.29, 1.82) is 0 Å². The molecule has 0 fully saturated rings. The average molecular weight is 343 g/mol. The van der Waals surface area contributed by atoms with Gasteiger partial charge in [0.15, 0.2) is 0 Å². The summed E-state index contributed by atoms with van der Waals surface area (Å²) in [5.41, 5.74) is 2.51. The second kappa shape index (κ2) is 4.53. The SMILES string of the molecule is Clc1cc2nc(-c3ccc(Br)cc3)cn2c(Cl)n1. The summed E-state index contributed by atoms with van der Waals surface area (Å²) in [6.07, 6.45) is 1.84. The maximum absolute atomic E-state index is 6.01. The molecule has 0 N–H and O–H groups in total. The van der Waals surface area contributed by atoms with Crippen LogP contribution in [0.1, 0.15) is 0 Å². The number of fused-ring (bicyclic) bond motifs is 1. The highest BCUT2D eigenvalue weighted by molar-refractivity contribution is 9.10. The molecule has 3 nitrogen and oxygen atoms in total. The monoisotopic (exact) mass is 341 g/mol. The van der Waals surface area contributed by atoms with E-state index in [-0.39, 0.29) is 0 Å². The molecule has 18 heavy (non-hydrogen) atoms. The molecule has 0 unspecified atom stereocenters. The predicted octanol–water partition coefficient (Wildman–Crippen LogP) is 4.47. The molecule has 0 spiro atoms. The third-order valence-corrected chi connectivity index (χ3v) is 3.51. The van der Waals surface area contributed by atoms with E-state index in [4.69, 9.17) is 23.2 Å². The van der Waals surface area contributed by atoms with Crippen LogP contribution in [0.2, 0.25) is 10.4 Å². The molecule has 0 aliphatic carbocycles. The summed E-state index contributed by atoms with van der Waals surface area (Å²) < 4.78 is 2.72. The van der Waals surface area contributed by atoms with Gasteiger partial charge >= 0.3 is 0 Å². The number of halogens is 3. The summed E-state index contributed by atoms with van der Waals surface area (Å²) in [6.45, 7) is 0. The van der Waals surface area contributed by atoms with Gasteiger partial charge < -0.3 is 0 Å². The highest BCUT2D eigenvalue weighted by atomic mass is 79.9. The fourth-order valence-electron chi connectivity index (χ4n) is 1.68. The number of hydrogen-bond donors (Lipinski definition) is 0. The second-order valence-electron chi connectivity index (χ2n) is 3.71. The Labute approximate surface area is 122 Å². The van der Waals surface area contributed by atoms with Crippen LogP contribution in [-0.2, 0) is 0 Å². The van der Waals surface area contributed by atoms with Gasteiger partial charge in [-0.1, -0.05) is 39.7 Å². The van der Waals surface area contributed by atoms with E-state index in [2.05, 4.69) is 25.9 Å². The number of aromatic nitrogens is 3. The molecule has 0 aliphatic rings. The van der Waals surface area contributed by atoms with Crippen LogP contribution in [0.3, 0.4) is 0 Å². The van der Waals surface area contributed by atoms with Crippen LogP contribution in [-0.4, -0.2) is 14.4 Å². The van der Waals surface area contributed by atoms with E-state index in [0.29, 0.717) is 16.1 Å². The zero-order chi connectivity index (χ0) is 12.7. The molecule has 0 radical (unpaired) electrons. The summed E-state index contributed by atoms with van der Waals surface area (Å²) in [7, 11) is 0. The summed E-state index contributed by atoms with van der Waals surface area (Å²) in [4.78, 5) is 8.44. The van der Waals surface area contributed by atoms with Gasteiger partial charge in [-0.05, 0) is 23.7 Å². The molecule has 0 atom stereocenters. The van der Waals surface area contributed by atoms with Crippen LogP contribution in [0.25, 0.3) is 16.9 Å². The van der Waals surface area contributed by atoms with Gasteiger partial charge in [-0.15, -0.1) is 0 Å². The van der Waals surface area contributed by atoms with E-state index in [1.54, 1.807) is 10.5 Å². The van der Waals surface area contributed by atoms with Gasteiger partial charge in [0.05, 0.1) is 5.69 Å². The van der Waals surface area contributed by atoms with Crippen LogP contribution in [0.5, 0.6) is 0 Å². The van der Waals surface area contributed by atoms with Crippen molar-refractivity contribution in [3.63, 3.8) is 0 Å². The number of rotatable bonds is 1. The molecule has 0 bridgehead atoms. The van der Waals surface area contributed by atoms with Crippen LogP contribution in [0, 0.1) is 0 Å². The summed E-state index contributed by atoms with van der Waals surface area (Å²) in [5, 5.41) is 0.633. The first-order chi connectivity index (χ1) is 8.63. The van der Waals surface area contributed by atoms with Crippen molar-refractivity contribution in [3.05, 3.63) is 51.4 Å². The topological polar surface area (TPSA) is 30.2 Å². The van der Waals surface area contributed by atoms with Gasteiger partial charge in [-0.25, -0.2) is 9.97 Å². The molecular weight excluding hydrogens is 337 g/mol.